The zero-order chi connectivity index (χ0) is 13.9. The third-order valence-corrected chi connectivity index (χ3v) is 3.63. The Morgan fingerprint density at radius 3 is 2.85 bits per heavy atom. The highest BCUT2D eigenvalue weighted by molar-refractivity contribution is 5.36. The monoisotopic (exact) mass is 267 g/mol. The Bertz CT molecular complexity index is 692. The lowest BCUT2D eigenvalue weighted by molar-refractivity contribution is 0.249. The highest BCUT2D eigenvalue weighted by Gasteiger charge is 2.14. The van der Waals surface area contributed by atoms with Crippen molar-refractivity contribution < 1.29 is 0 Å². The average molecular weight is 267 g/mol. The van der Waals surface area contributed by atoms with Gasteiger partial charge in [-0.3, -0.25) is 19.3 Å². The Morgan fingerprint density at radius 2 is 2.05 bits per heavy atom. The molecule has 0 amide bonds. The second-order valence-electron chi connectivity index (χ2n) is 4.93. The van der Waals surface area contributed by atoms with Gasteiger partial charge >= 0.3 is 0 Å². The lowest BCUT2D eigenvalue weighted by Gasteiger charge is -2.24. The van der Waals surface area contributed by atoms with Crippen LogP contribution in [0.3, 0.4) is 0 Å². The Balaban J connectivity index is 1.80. The van der Waals surface area contributed by atoms with Crippen molar-refractivity contribution in [2.75, 3.05) is 7.05 Å². The Labute approximate surface area is 117 Å². The Kier molecular flexibility index (Phi) is 3.43. The van der Waals surface area contributed by atoms with Gasteiger partial charge in [0.2, 0.25) is 0 Å². The van der Waals surface area contributed by atoms with Crippen LogP contribution in [0.15, 0.2) is 49.3 Å². The van der Waals surface area contributed by atoms with Crippen molar-refractivity contribution in [1.82, 2.24) is 24.3 Å². The number of aromatic nitrogens is 4. The molecule has 0 aliphatic rings. The molecule has 5 nitrogen and oxygen atoms in total. The fourth-order valence-electron chi connectivity index (χ4n) is 2.28. The number of fused-ring (bicyclic) bond motifs is 1. The first-order valence-electron chi connectivity index (χ1n) is 6.62. The minimum absolute atomic E-state index is 0.302. The summed E-state index contributed by atoms with van der Waals surface area (Å²) in [6.45, 7) is 3.00. The molecule has 0 saturated heterocycles. The number of nitrogens with zero attached hydrogens (tertiary/aromatic N) is 5. The lowest BCUT2D eigenvalue weighted by atomic mass is 10.1. The van der Waals surface area contributed by atoms with Gasteiger partial charge in [-0.1, -0.05) is 6.07 Å². The first-order valence-corrected chi connectivity index (χ1v) is 6.62. The van der Waals surface area contributed by atoms with Crippen LogP contribution in [-0.2, 0) is 6.54 Å². The van der Waals surface area contributed by atoms with Gasteiger partial charge in [-0.2, -0.15) is 0 Å². The van der Waals surface area contributed by atoms with Crippen LogP contribution in [0.2, 0.25) is 0 Å². The van der Waals surface area contributed by atoms with Gasteiger partial charge in [0, 0.05) is 37.4 Å². The molecule has 3 heterocycles. The molecule has 3 rings (SSSR count). The van der Waals surface area contributed by atoms with E-state index in [0.29, 0.717) is 6.04 Å². The molecule has 0 unspecified atom stereocenters. The van der Waals surface area contributed by atoms with Crippen molar-refractivity contribution in [2.45, 2.75) is 19.5 Å². The largest absolute Gasteiger partial charge is 0.300 e. The molecule has 0 aromatic carbocycles. The highest BCUT2D eigenvalue weighted by atomic mass is 15.2. The van der Waals surface area contributed by atoms with Crippen molar-refractivity contribution >= 4 is 5.65 Å². The molecule has 1 atom stereocenters. The number of pyridine rings is 1. The van der Waals surface area contributed by atoms with E-state index in [1.807, 2.05) is 24.7 Å². The topological polar surface area (TPSA) is 46.3 Å². The number of hydrogen-bond acceptors (Lipinski definition) is 4. The quantitative estimate of drug-likeness (QED) is 0.728. The Morgan fingerprint density at radius 1 is 1.20 bits per heavy atom. The zero-order valence-electron chi connectivity index (χ0n) is 11.6. The summed E-state index contributed by atoms with van der Waals surface area (Å²) in [6, 6.07) is 4.38. The predicted molar refractivity (Wildman–Crippen MR) is 77.1 cm³/mol. The maximum atomic E-state index is 4.37. The van der Waals surface area contributed by atoms with Crippen LogP contribution in [-0.4, -0.2) is 31.3 Å². The lowest BCUT2D eigenvalue weighted by Crippen LogP contribution is -2.22. The van der Waals surface area contributed by atoms with Gasteiger partial charge in [0.05, 0.1) is 18.1 Å². The number of rotatable bonds is 4. The molecule has 102 valence electrons. The molecule has 0 radical (unpaired) electrons. The highest BCUT2D eigenvalue weighted by Crippen LogP contribution is 2.19. The maximum absolute atomic E-state index is 4.37. The summed E-state index contributed by atoms with van der Waals surface area (Å²) in [6.07, 6.45) is 11.1. The van der Waals surface area contributed by atoms with Crippen molar-refractivity contribution in [2.24, 2.45) is 0 Å². The SMILES string of the molecule is C[C@@H](c1cccnc1)N(C)Cc1cnc2cnccn12. The second kappa shape index (κ2) is 5.38. The van der Waals surface area contributed by atoms with Crippen LogP contribution >= 0.6 is 0 Å². The minimum atomic E-state index is 0.302. The van der Waals surface area contributed by atoms with Gasteiger partial charge in [0.1, 0.15) is 0 Å². The van der Waals surface area contributed by atoms with Crippen LogP contribution in [0.25, 0.3) is 5.65 Å². The number of imidazole rings is 1. The molecular weight excluding hydrogens is 250 g/mol. The zero-order valence-corrected chi connectivity index (χ0v) is 11.6. The van der Waals surface area contributed by atoms with Gasteiger partial charge < -0.3 is 0 Å². The first-order chi connectivity index (χ1) is 9.75. The molecule has 0 bridgehead atoms. The van der Waals surface area contributed by atoms with Crippen LogP contribution in [0, 0.1) is 0 Å². The van der Waals surface area contributed by atoms with E-state index in [4.69, 9.17) is 0 Å². The molecular formula is C15H17N5. The van der Waals surface area contributed by atoms with Gasteiger partial charge in [-0.15, -0.1) is 0 Å². The summed E-state index contributed by atoms with van der Waals surface area (Å²) in [5.74, 6) is 0. The van der Waals surface area contributed by atoms with Crippen LogP contribution in [0.4, 0.5) is 0 Å². The molecule has 3 aromatic rings. The third kappa shape index (κ3) is 2.40. The smallest absolute Gasteiger partial charge is 0.155 e. The van der Waals surface area contributed by atoms with E-state index in [9.17, 15) is 0 Å². The van der Waals surface area contributed by atoms with Crippen molar-refractivity contribution in [3.63, 3.8) is 0 Å². The molecule has 0 saturated carbocycles. The first kappa shape index (κ1) is 12.7. The minimum Gasteiger partial charge on any atom is -0.300 e. The molecule has 20 heavy (non-hydrogen) atoms. The molecule has 0 spiro atoms. The van der Waals surface area contributed by atoms with E-state index in [2.05, 4.69) is 44.3 Å². The summed E-state index contributed by atoms with van der Waals surface area (Å²) in [7, 11) is 2.11. The van der Waals surface area contributed by atoms with Crippen molar-refractivity contribution in [1.29, 1.82) is 0 Å². The normalized spacial score (nSPS) is 12.9. The van der Waals surface area contributed by atoms with E-state index in [0.717, 1.165) is 17.9 Å². The molecule has 0 fully saturated rings. The van der Waals surface area contributed by atoms with Gasteiger partial charge in [-0.05, 0) is 25.6 Å². The van der Waals surface area contributed by atoms with E-state index in [1.54, 1.807) is 18.6 Å². The third-order valence-electron chi connectivity index (χ3n) is 3.63. The van der Waals surface area contributed by atoms with E-state index < -0.39 is 0 Å². The standard InChI is InChI=1S/C15H17N5/c1-12(13-4-3-5-16-8-13)19(2)11-14-9-18-15-10-17-6-7-20(14)15/h3-10,12H,11H2,1-2H3/t12-/m0/s1. The fourth-order valence-corrected chi connectivity index (χ4v) is 2.28. The van der Waals surface area contributed by atoms with Crippen LogP contribution in [0.5, 0.6) is 0 Å². The summed E-state index contributed by atoms with van der Waals surface area (Å²) >= 11 is 0. The molecule has 3 aromatic heterocycles. The summed E-state index contributed by atoms with van der Waals surface area (Å²) in [5, 5.41) is 0. The van der Waals surface area contributed by atoms with Crippen molar-refractivity contribution in [3.05, 3.63) is 60.6 Å². The van der Waals surface area contributed by atoms with Crippen LogP contribution in [0.1, 0.15) is 24.2 Å². The number of hydrogen-bond donors (Lipinski definition) is 0. The predicted octanol–water partition coefficient (Wildman–Crippen LogP) is 2.32. The van der Waals surface area contributed by atoms with Gasteiger partial charge in [-0.25, -0.2) is 4.98 Å². The summed E-state index contributed by atoms with van der Waals surface area (Å²) in [4.78, 5) is 14.9. The van der Waals surface area contributed by atoms with Crippen molar-refractivity contribution in [3.8, 4) is 0 Å². The Hall–Kier alpha value is -2.27. The molecule has 0 N–H and O–H groups in total. The van der Waals surface area contributed by atoms with Gasteiger partial charge in [0.15, 0.2) is 5.65 Å². The second-order valence-corrected chi connectivity index (χ2v) is 4.93. The maximum Gasteiger partial charge on any atom is 0.155 e. The van der Waals surface area contributed by atoms with Gasteiger partial charge in [0.25, 0.3) is 0 Å². The molecule has 0 aliphatic heterocycles. The summed E-state index contributed by atoms with van der Waals surface area (Å²) in [5.41, 5.74) is 3.25. The van der Waals surface area contributed by atoms with E-state index in [1.165, 1.54) is 5.56 Å². The molecule has 0 aliphatic carbocycles. The summed E-state index contributed by atoms with van der Waals surface area (Å²) < 4.78 is 2.07. The fraction of sp³-hybridized carbons (Fsp3) is 0.267. The molecule has 5 heteroatoms. The van der Waals surface area contributed by atoms with E-state index >= 15 is 0 Å². The van der Waals surface area contributed by atoms with E-state index in [-0.39, 0.29) is 0 Å². The average Bonchev–Trinajstić information content (AvgIpc) is 2.91. The van der Waals surface area contributed by atoms with Crippen LogP contribution < -0.4 is 0 Å².